The average Bonchev–Trinajstić information content (AvgIpc) is 2.98. The summed E-state index contributed by atoms with van der Waals surface area (Å²) in [5.41, 5.74) is 0.516. The van der Waals surface area contributed by atoms with E-state index in [9.17, 15) is 10.1 Å². The number of likely N-dealkylation sites (tertiary alicyclic amines) is 1. The number of hydrogen-bond donors (Lipinski definition) is 1. The third kappa shape index (κ3) is 2.83. The molecule has 0 saturated carbocycles. The van der Waals surface area contributed by atoms with Gasteiger partial charge in [-0.3, -0.25) is 4.79 Å². The normalized spacial score (nSPS) is 24.9. The topological polar surface area (TPSA) is 56.1 Å². The molecule has 2 aliphatic rings. The Morgan fingerprint density at radius 1 is 1.52 bits per heavy atom. The van der Waals surface area contributed by atoms with Crippen LogP contribution in [0.15, 0.2) is 11.4 Å². The molecule has 1 aliphatic carbocycles. The quantitative estimate of drug-likeness (QED) is 0.912. The predicted octanol–water partition coefficient (Wildman–Crippen LogP) is 2.27. The minimum absolute atomic E-state index is 0.0421. The van der Waals surface area contributed by atoms with Crippen molar-refractivity contribution in [2.24, 2.45) is 0 Å². The highest BCUT2D eigenvalue weighted by Crippen LogP contribution is 2.35. The Labute approximate surface area is 129 Å². The van der Waals surface area contributed by atoms with Crippen molar-refractivity contribution in [2.45, 2.75) is 43.6 Å². The molecule has 1 fully saturated rings. The molecule has 0 spiro atoms. The van der Waals surface area contributed by atoms with Crippen LogP contribution < -0.4 is 5.32 Å². The summed E-state index contributed by atoms with van der Waals surface area (Å²) in [6.07, 6.45) is 4.49. The van der Waals surface area contributed by atoms with Crippen LogP contribution in [0.4, 0.5) is 0 Å². The molecule has 0 aromatic carbocycles. The Morgan fingerprint density at radius 3 is 3.00 bits per heavy atom. The highest BCUT2D eigenvalue weighted by atomic mass is 32.1. The number of thiophene rings is 1. The van der Waals surface area contributed by atoms with Crippen molar-refractivity contribution in [3.63, 3.8) is 0 Å². The maximum Gasteiger partial charge on any atom is 0.228 e. The van der Waals surface area contributed by atoms with Gasteiger partial charge in [-0.25, -0.2) is 0 Å². The number of fused-ring (bicyclic) bond motifs is 1. The zero-order valence-electron chi connectivity index (χ0n) is 12.4. The van der Waals surface area contributed by atoms with Crippen LogP contribution in [0, 0.1) is 11.3 Å². The van der Waals surface area contributed by atoms with Gasteiger partial charge in [0.1, 0.15) is 5.54 Å². The summed E-state index contributed by atoms with van der Waals surface area (Å²) in [4.78, 5) is 16.3. The van der Waals surface area contributed by atoms with Crippen LogP contribution in [0.3, 0.4) is 0 Å². The Balaban J connectivity index is 1.74. The molecule has 21 heavy (non-hydrogen) atoms. The standard InChI is InChI=1S/C16H21N3OS/c1-19-8-6-16(11-17,7-9-19)18-15(20)13-3-2-4-14-12(13)5-10-21-14/h5,10,13H,2-4,6-9H2,1H3,(H,18,20). The summed E-state index contributed by atoms with van der Waals surface area (Å²) in [6, 6.07) is 4.45. The summed E-state index contributed by atoms with van der Waals surface area (Å²) in [7, 11) is 2.06. The van der Waals surface area contributed by atoms with Gasteiger partial charge in [-0.05, 0) is 56.2 Å². The first-order valence-corrected chi connectivity index (χ1v) is 8.50. The molecule has 1 aromatic rings. The molecular formula is C16H21N3OS. The van der Waals surface area contributed by atoms with Crippen molar-refractivity contribution in [1.29, 1.82) is 5.26 Å². The molecule has 1 aromatic heterocycles. The van der Waals surface area contributed by atoms with Crippen LogP contribution in [0.25, 0.3) is 0 Å². The van der Waals surface area contributed by atoms with E-state index in [1.165, 1.54) is 10.4 Å². The lowest BCUT2D eigenvalue weighted by atomic mass is 9.84. The van der Waals surface area contributed by atoms with E-state index in [1.54, 1.807) is 11.3 Å². The van der Waals surface area contributed by atoms with Crippen LogP contribution in [0.5, 0.6) is 0 Å². The monoisotopic (exact) mass is 303 g/mol. The third-order valence-electron chi connectivity index (χ3n) is 4.79. The molecule has 2 heterocycles. The van der Waals surface area contributed by atoms with E-state index in [2.05, 4.69) is 34.8 Å². The number of nitrogens with zero attached hydrogens (tertiary/aromatic N) is 2. The highest BCUT2D eigenvalue weighted by Gasteiger charge is 2.38. The lowest BCUT2D eigenvalue weighted by Gasteiger charge is -2.37. The number of piperidine rings is 1. The largest absolute Gasteiger partial charge is 0.337 e. The maximum atomic E-state index is 12.7. The summed E-state index contributed by atoms with van der Waals surface area (Å²) < 4.78 is 0. The number of nitriles is 1. The maximum absolute atomic E-state index is 12.7. The zero-order valence-corrected chi connectivity index (χ0v) is 13.2. The van der Waals surface area contributed by atoms with Crippen LogP contribution in [-0.4, -0.2) is 36.5 Å². The highest BCUT2D eigenvalue weighted by molar-refractivity contribution is 7.10. The summed E-state index contributed by atoms with van der Waals surface area (Å²) in [5, 5.41) is 14.7. The molecule has 1 amide bonds. The smallest absolute Gasteiger partial charge is 0.228 e. The molecule has 1 atom stereocenters. The van der Waals surface area contributed by atoms with Crippen LogP contribution in [0.1, 0.15) is 42.0 Å². The molecule has 112 valence electrons. The number of aryl methyl sites for hydroxylation is 1. The number of amides is 1. The van der Waals surface area contributed by atoms with Crippen molar-refractivity contribution in [2.75, 3.05) is 20.1 Å². The van der Waals surface area contributed by atoms with E-state index in [0.29, 0.717) is 0 Å². The van der Waals surface area contributed by atoms with Gasteiger partial charge in [0.05, 0.1) is 12.0 Å². The fraction of sp³-hybridized carbons (Fsp3) is 0.625. The van der Waals surface area contributed by atoms with E-state index in [0.717, 1.165) is 45.2 Å². The first kappa shape index (κ1) is 14.6. The molecule has 1 aliphatic heterocycles. The van der Waals surface area contributed by atoms with Gasteiger partial charge in [0.25, 0.3) is 0 Å². The van der Waals surface area contributed by atoms with Gasteiger partial charge in [0.2, 0.25) is 5.91 Å². The Morgan fingerprint density at radius 2 is 2.29 bits per heavy atom. The molecular weight excluding hydrogens is 282 g/mol. The number of rotatable bonds is 2. The third-order valence-corrected chi connectivity index (χ3v) is 5.78. The van der Waals surface area contributed by atoms with Crippen molar-refractivity contribution in [1.82, 2.24) is 10.2 Å². The van der Waals surface area contributed by atoms with E-state index in [-0.39, 0.29) is 11.8 Å². The van der Waals surface area contributed by atoms with E-state index >= 15 is 0 Å². The number of hydrogen-bond acceptors (Lipinski definition) is 4. The number of nitrogens with one attached hydrogen (secondary N) is 1. The summed E-state index contributed by atoms with van der Waals surface area (Å²) in [6.45, 7) is 1.73. The first-order chi connectivity index (χ1) is 10.1. The molecule has 1 saturated heterocycles. The zero-order chi connectivity index (χ0) is 14.9. The molecule has 0 bridgehead atoms. The summed E-state index contributed by atoms with van der Waals surface area (Å²) >= 11 is 1.75. The second-order valence-corrected chi connectivity index (χ2v) is 7.23. The van der Waals surface area contributed by atoms with Gasteiger partial charge >= 0.3 is 0 Å². The lowest BCUT2D eigenvalue weighted by Crippen LogP contribution is -2.54. The molecule has 4 nitrogen and oxygen atoms in total. The molecule has 5 heteroatoms. The lowest BCUT2D eigenvalue weighted by molar-refractivity contribution is -0.124. The fourth-order valence-electron chi connectivity index (χ4n) is 3.35. The Kier molecular flexibility index (Phi) is 4.01. The predicted molar refractivity (Wildman–Crippen MR) is 83.2 cm³/mol. The first-order valence-electron chi connectivity index (χ1n) is 7.62. The Bertz CT molecular complexity index is 566. The molecule has 1 N–H and O–H groups in total. The van der Waals surface area contributed by atoms with Crippen LogP contribution in [-0.2, 0) is 11.2 Å². The molecule has 3 rings (SSSR count). The van der Waals surface area contributed by atoms with Gasteiger partial charge in [-0.2, -0.15) is 5.26 Å². The van der Waals surface area contributed by atoms with Gasteiger partial charge < -0.3 is 10.2 Å². The van der Waals surface area contributed by atoms with Crippen LogP contribution >= 0.6 is 11.3 Å². The second-order valence-electron chi connectivity index (χ2n) is 6.23. The van der Waals surface area contributed by atoms with Gasteiger partial charge in [-0.15, -0.1) is 11.3 Å². The van der Waals surface area contributed by atoms with Crippen molar-refractivity contribution in [3.05, 3.63) is 21.9 Å². The van der Waals surface area contributed by atoms with Gasteiger partial charge in [-0.1, -0.05) is 0 Å². The van der Waals surface area contributed by atoms with Gasteiger partial charge in [0.15, 0.2) is 0 Å². The Hall–Kier alpha value is -1.38. The van der Waals surface area contributed by atoms with Crippen molar-refractivity contribution in [3.8, 4) is 6.07 Å². The molecule has 0 radical (unpaired) electrons. The number of carbonyl (C=O) groups is 1. The average molecular weight is 303 g/mol. The van der Waals surface area contributed by atoms with E-state index in [4.69, 9.17) is 0 Å². The van der Waals surface area contributed by atoms with E-state index in [1.807, 2.05) is 0 Å². The van der Waals surface area contributed by atoms with Gasteiger partial charge in [0, 0.05) is 18.0 Å². The SMILES string of the molecule is CN1CCC(C#N)(NC(=O)C2CCCc3sccc32)CC1. The summed E-state index contributed by atoms with van der Waals surface area (Å²) in [5.74, 6) is -0.0228. The van der Waals surface area contributed by atoms with E-state index < -0.39 is 5.54 Å². The minimum atomic E-state index is -0.669. The fourth-order valence-corrected chi connectivity index (χ4v) is 4.33. The minimum Gasteiger partial charge on any atom is -0.337 e. The van der Waals surface area contributed by atoms with Crippen LogP contribution in [0.2, 0.25) is 0 Å². The van der Waals surface area contributed by atoms with Crippen molar-refractivity contribution >= 4 is 17.2 Å². The second kappa shape index (κ2) is 5.78. The number of carbonyl (C=O) groups excluding carboxylic acids is 1. The molecule has 1 unspecified atom stereocenters. The van der Waals surface area contributed by atoms with Crippen molar-refractivity contribution < 1.29 is 4.79 Å².